The van der Waals surface area contributed by atoms with Crippen LogP contribution in [0.2, 0.25) is 0 Å². The van der Waals surface area contributed by atoms with Gasteiger partial charge in [-0.1, -0.05) is 30.3 Å². The minimum Gasteiger partial charge on any atom is -0.449 e. The number of anilines is 1. The number of hydrogen-bond acceptors (Lipinski definition) is 6. The quantitative estimate of drug-likeness (QED) is 0.395. The van der Waals surface area contributed by atoms with E-state index in [0.717, 1.165) is 5.56 Å². The van der Waals surface area contributed by atoms with Crippen molar-refractivity contribution >= 4 is 29.5 Å². The lowest BCUT2D eigenvalue weighted by molar-refractivity contribution is -0.123. The van der Waals surface area contributed by atoms with Crippen LogP contribution in [0.25, 0.3) is 0 Å². The molecule has 2 aromatic carbocycles. The monoisotopic (exact) mass is 474 g/mol. The zero-order valence-electron chi connectivity index (χ0n) is 19.7. The van der Waals surface area contributed by atoms with Crippen LogP contribution in [0.4, 0.5) is 5.82 Å². The first-order valence-electron chi connectivity index (χ1n) is 11.4. The predicted octanol–water partition coefficient (Wildman–Crippen LogP) is 3.49. The third-order valence-corrected chi connectivity index (χ3v) is 5.74. The van der Waals surface area contributed by atoms with Gasteiger partial charge in [-0.2, -0.15) is 5.10 Å². The normalized spacial score (nSPS) is 13.7. The number of carbonyl (C=O) groups excluding carboxylic acids is 4. The standard InChI is InChI=1S/C26H26N4O5/c1-16(2)30-22(11-13-27-30)28-23(31)17(3)35-26(34)19-9-10-20-21(15-19)25(33)29(24(20)32)14-12-18-7-5-4-6-8-18/h4-11,13,15-17H,12,14H2,1-3H3,(H,28,31). The van der Waals surface area contributed by atoms with E-state index >= 15 is 0 Å². The molecule has 1 aromatic heterocycles. The molecule has 9 heteroatoms. The SMILES string of the molecule is CC(OC(=O)c1ccc2c(c1)C(=O)N(CCc1ccccc1)C2=O)C(=O)Nc1ccnn1C(C)C. The number of nitrogens with one attached hydrogen (secondary N) is 1. The van der Waals surface area contributed by atoms with Crippen LogP contribution in [-0.2, 0) is 16.0 Å². The van der Waals surface area contributed by atoms with Crippen molar-refractivity contribution in [2.24, 2.45) is 0 Å². The highest BCUT2D eigenvalue weighted by atomic mass is 16.5. The van der Waals surface area contributed by atoms with Gasteiger partial charge >= 0.3 is 5.97 Å². The summed E-state index contributed by atoms with van der Waals surface area (Å²) in [5.41, 5.74) is 1.49. The van der Waals surface area contributed by atoms with Crippen LogP contribution in [0.1, 0.15) is 63.5 Å². The molecule has 0 spiro atoms. The van der Waals surface area contributed by atoms with Crippen LogP contribution in [0.15, 0.2) is 60.8 Å². The van der Waals surface area contributed by atoms with Crippen molar-refractivity contribution in [1.82, 2.24) is 14.7 Å². The molecule has 1 aliphatic heterocycles. The number of benzene rings is 2. The van der Waals surface area contributed by atoms with E-state index in [9.17, 15) is 19.2 Å². The molecule has 35 heavy (non-hydrogen) atoms. The third-order valence-electron chi connectivity index (χ3n) is 5.74. The molecule has 1 aliphatic rings. The molecule has 0 bridgehead atoms. The van der Waals surface area contributed by atoms with Crippen molar-refractivity contribution in [3.63, 3.8) is 0 Å². The van der Waals surface area contributed by atoms with E-state index in [4.69, 9.17) is 4.74 Å². The molecule has 0 aliphatic carbocycles. The zero-order chi connectivity index (χ0) is 25.1. The molecule has 180 valence electrons. The van der Waals surface area contributed by atoms with Gasteiger partial charge in [0, 0.05) is 18.7 Å². The Morgan fingerprint density at radius 3 is 2.40 bits per heavy atom. The largest absolute Gasteiger partial charge is 0.449 e. The van der Waals surface area contributed by atoms with Gasteiger partial charge in [0.2, 0.25) is 0 Å². The second-order valence-corrected chi connectivity index (χ2v) is 8.55. The minimum atomic E-state index is -1.09. The summed E-state index contributed by atoms with van der Waals surface area (Å²) in [5.74, 6) is -1.64. The Balaban J connectivity index is 1.41. The second kappa shape index (κ2) is 9.92. The fourth-order valence-electron chi connectivity index (χ4n) is 3.84. The van der Waals surface area contributed by atoms with Crippen LogP contribution in [0, 0.1) is 0 Å². The smallest absolute Gasteiger partial charge is 0.338 e. The molecule has 3 amide bonds. The molecular formula is C26H26N4O5. The Hall–Kier alpha value is -4.27. The van der Waals surface area contributed by atoms with Crippen LogP contribution >= 0.6 is 0 Å². The highest BCUT2D eigenvalue weighted by Crippen LogP contribution is 2.25. The maximum absolute atomic E-state index is 12.9. The Morgan fingerprint density at radius 1 is 0.971 bits per heavy atom. The fourth-order valence-corrected chi connectivity index (χ4v) is 3.84. The van der Waals surface area contributed by atoms with Gasteiger partial charge in [0.05, 0.1) is 22.9 Å². The van der Waals surface area contributed by atoms with E-state index in [2.05, 4.69) is 10.4 Å². The van der Waals surface area contributed by atoms with E-state index in [0.29, 0.717) is 12.2 Å². The van der Waals surface area contributed by atoms with Crippen LogP contribution in [0.5, 0.6) is 0 Å². The van der Waals surface area contributed by atoms with Crippen molar-refractivity contribution in [3.05, 3.63) is 83.0 Å². The maximum atomic E-state index is 12.9. The number of ether oxygens (including phenoxy) is 1. The highest BCUT2D eigenvalue weighted by molar-refractivity contribution is 6.22. The molecule has 0 saturated carbocycles. The minimum absolute atomic E-state index is 0.0390. The topological polar surface area (TPSA) is 111 Å². The van der Waals surface area contributed by atoms with Crippen molar-refractivity contribution in [3.8, 4) is 0 Å². The first-order chi connectivity index (χ1) is 16.8. The van der Waals surface area contributed by atoms with Gasteiger partial charge in [0.1, 0.15) is 5.82 Å². The van der Waals surface area contributed by atoms with Gasteiger partial charge in [-0.15, -0.1) is 0 Å². The van der Waals surface area contributed by atoms with Crippen molar-refractivity contribution < 1.29 is 23.9 Å². The first-order valence-corrected chi connectivity index (χ1v) is 11.4. The van der Waals surface area contributed by atoms with E-state index in [1.54, 1.807) is 16.9 Å². The Kier molecular flexibility index (Phi) is 6.77. The average Bonchev–Trinajstić information content (AvgIpc) is 3.41. The summed E-state index contributed by atoms with van der Waals surface area (Å²) in [6.45, 7) is 5.54. The van der Waals surface area contributed by atoms with Crippen molar-refractivity contribution in [2.45, 2.75) is 39.3 Å². The summed E-state index contributed by atoms with van der Waals surface area (Å²) in [6.07, 6.45) is 1.01. The summed E-state index contributed by atoms with van der Waals surface area (Å²) >= 11 is 0. The van der Waals surface area contributed by atoms with Gasteiger partial charge in [0.25, 0.3) is 17.7 Å². The van der Waals surface area contributed by atoms with Crippen LogP contribution in [0.3, 0.4) is 0 Å². The molecule has 9 nitrogen and oxygen atoms in total. The first kappa shape index (κ1) is 23.9. The summed E-state index contributed by atoms with van der Waals surface area (Å²) in [7, 11) is 0. The van der Waals surface area contributed by atoms with Gasteiger partial charge in [0.15, 0.2) is 6.10 Å². The van der Waals surface area contributed by atoms with Gasteiger partial charge < -0.3 is 10.1 Å². The van der Waals surface area contributed by atoms with Crippen LogP contribution < -0.4 is 5.32 Å². The molecule has 4 rings (SSSR count). The Labute approximate surface area is 202 Å². The predicted molar refractivity (Wildman–Crippen MR) is 128 cm³/mol. The number of imide groups is 1. The molecular weight excluding hydrogens is 448 g/mol. The molecule has 0 saturated heterocycles. The molecule has 1 N–H and O–H groups in total. The number of hydrogen-bond donors (Lipinski definition) is 1. The lowest BCUT2D eigenvalue weighted by Crippen LogP contribution is -2.31. The highest BCUT2D eigenvalue weighted by Gasteiger charge is 2.36. The number of esters is 1. The molecule has 0 fully saturated rings. The lowest BCUT2D eigenvalue weighted by Gasteiger charge is -2.16. The Bertz CT molecular complexity index is 1280. The number of nitrogens with zero attached hydrogens (tertiary/aromatic N) is 3. The van der Waals surface area contributed by atoms with Crippen LogP contribution in [-0.4, -0.2) is 51.0 Å². The van der Waals surface area contributed by atoms with E-state index in [-0.39, 0.29) is 29.3 Å². The summed E-state index contributed by atoms with van der Waals surface area (Å²) < 4.78 is 6.95. The molecule has 3 aromatic rings. The lowest BCUT2D eigenvalue weighted by atomic mass is 10.1. The molecule has 1 atom stereocenters. The second-order valence-electron chi connectivity index (χ2n) is 8.55. The number of amides is 3. The van der Waals surface area contributed by atoms with Crippen molar-refractivity contribution in [1.29, 1.82) is 0 Å². The summed E-state index contributed by atoms with van der Waals surface area (Å²) in [5, 5.41) is 6.85. The van der Waals surface area contributed by atoms with E-state index in [1.807, 2.05) is 44.2 Å². The summed E-state index contributed by atoms with van der Waals surface area (Å²) in [6, 6.07) is 15.5. The maximum Gasteiger partial charge on any atom is 0.338 e. The number of rotatable bonds is 8. The number of aromatic nitrogens is 2. The number of fused-ring (bicyclic) bond motifs is 1. The number of carbonyl (C=O) groups is 4. The fraction of sp³-hybridized carbons (Fsp3) is 0.269. The van der Waals surface area contributed by atoms with E-state index in [1.165, 1.54) is 30.0 Å². The molecule has 2 heterocycles. The van der Waals surface area contributed by atoms with E-state index < -0.39 is 29.8 Å². The van der Waals surface area contributed by atoms with Gasteiger partial charge in [-0.05, 0) is 51.0 Å². The average molecular weight is 475 g/mol. The third kappa shape index (κ3) is 4.98. The van der Waals surface area contributed by atoms with Crippen molar-refractivity contribution in [2.75, 3.05) is 11.9 Å². The molecule has 0 radical (unpaired) electrons. The zero-order valence-corrected chi connectivity index (χ0v) is 19.7. The van der Waals surface area contributed by atoms with Gasteiger partial charge in [-0.3, -0.25) is 19.3 Å². The summed E-state index contributed by atoms with van der Waals surface area (Å²) in [4.78, 5) is 52.0. The molecule has 1 unspecified atom stereocenters. The Morgan fingerprint density at radius 2 is 1.69 bits per heavy atom. The van der Waals surface area contributed by atoms with Gasteiger partial charge in [-0.25, -0.2) is 9.48 Å².